The molecule has 5 atom stereocenters. The second-order valence-electron chi connectivity index (χ2n) is 9.63. The Labute approximate surface area is 194 Å². The molecule has 3 aromatic rings. The molecule has 1 N–H and O–H groups in total. The van der Waals surface area contributed by atoms with E-state index in [0.717, 1.165) is 36.1 Å². The van der Waals surface area contributed by atoms with Crippen molar-refractivity contribution >= 4 is 23.5 Å². The fourth-order valence-corrected chi connectivity index (χ4v) is 7.09. The average molecular weight is 434 g/mol. The molecule has 2 saturated carbocycles. The first-order chi connectivity index (χ1) is 16.2. The fraction of sp³-hybridized carbons (Fsp3) is 0.267. The average Bonchev–Trinajstić information content (AvgIpc) is 3.52. The van der Waals surface area contributed by atoms with E-state index in [4.69, 9.17) is 0 Å². The standard InChI is InChI=1S/C30H27NO2/c32-26(19-18-20-10-3-1-4-11-20)28-27(21-12-5-2-6-13-21)22-14-9-16-23(22)30(28)24-15-7-8-17-25(24)31-29(30)33/h1-8,10-13,15,17-19,22-23,27-28H,9,14,16H2,(H,31,33). The molecule has 1 amide bonds. The number of nitrogens with one attached hydrogen (secondary N) is 1. The second kappa shape index (κ2) is 7.84. The van der Waals surface area contributed by atoms with Crippen LogP contribution < -0.4 is 5.32 Å². The van der Waals surface area contributed by atoms with E-state index in [0.29, 0.717) is 5.92 Å². The van der Waals surface area contributed by atoms with Gasteiger partial charge < -0.3 is 5.32 Å². The number of para-hydroxylation sites is 1. The summed E-state index contributed by atoms with van der Waals surface area (Å²) in [6.45, 7) is 0. The quantitative estimate of drug-likeness (QED) is 0.514. The van der Waals surface area contributed by atoms with Crippen LogP contribution in [0.3, 0.4) is 0 Å². The number of rotatable bonds is 4. The van der Waals surface area contributed by atoms with Crippen molar-refractivity contribution in [2.75, 3.05) is 5.32 Å². The molecule has 3 aliphatic rings. The third kappa shape index (κ3) is 2.95. The summed E-state index contributed by atoms with van der Waals surface area (Å²) in [5, 5.41) is 3.16. The highest BCUT2D eigenvalue weighted by molar-refractivity contribution is 6.12. The first-order valence-electron chi connectivity index (χ1n) is 11.9. The van der Waals surface area contributed by atoms with Gasteiger partial charge in [0.05, 0.1) is 5.41 Å². The normalized spacial score (nSPS) is 29.9. The van der Waals surface area contributed by atoms with E-state index in [-0.39, 0.29) is 23.5 Å². The van der Waals surface area contributed by atoms with Gasteiger partial charge in [-0.05, 0) is 59.4 Å². The lowest BCUT2D eigenvalue weighted by Gasteiger charge is -2.34. The Bertz CT molecular complexity index is 1230. The van der Waals surface area contributed by atoms with Gasteiger partial charge in [0.15, 0.2) is 5.78 Å². The molecule has 3 heteroatoms. The van der Waals surface area contributed by atoms with Gasteiger partial charge in [0.2, 0.25) is 5.91 Å². The number of hydrogen-bond donors (Lipinski definition) is 1. The molecule has 33 heavy (non-hydrogen) atoms. The van der Waals surface area contributed by atoms with Crippen molar-refractivity contribution in [2.45, 2.75) is 30.6 Å². The molecular weight excluding hydrogens is 406 g/mol. The lowest BCUT2D eigenvalue weighted by molar-refractivity contribution is -0.130. The summed E-state index contributed by atoms with van der Waals surface area (Å²) < 4.78 is 0. The van der Waals surface area contributed by atoms with Crippen LogP contribution in [0.5, 0.6) is 0 Å². The molecule has 2 aliphatic carbocycles. The summed E-state index contributed by atoms with van der Waals surface area (Å²) in [7, 11) is 0. The van der Waals surface area contributed by atoms with Crippen molar-refractivity contribution in [3.63, 3.8) is 0 Å². The maximum atomic E-state index is 14.1. The minimum atomic E-state index is -0.809. The number of allylic oxidation sites excluding steroid dienone is 1. The van der Waals surface area contributed by atoms with Crippen LogP contribution in [0.25, 0.3) is 6.08 Å². The molecule has 1 spiro atoms. The molecular formula is C30H27NO2. The van der Waals surface area contributed by atoms with Crippen molar-refractivity contribution in [3.05, 3.63) is 108 Å². The Balaban J connectivity index is 1.54. The molecule has 0 bridgehead atoms. The Morgan fingerprint density at radius 1 is 0.879 bits per heavy atom. The van der Waals surface area contributed by atoms with Crippen LogP contribution in [-0.4, -0.2) is 11.7 Å². The largest absolute Gasteiger partial charge is 0.325 e. The van der Waals surface area contributed by atoms with Gasteiger partial charge in [-0.25, -0.2) is 0 Å². The lowest BCUT2D eigenvalue weighted by atomic mass is 9.64. The van der Waals surface area contributed by atoms with E-state index in [1.807, 2.05) is 72.8 Å². The number of anilines is 1. The first-order valence-corrected chi connectivity index (χ1v) is 11.9. The topological polar surface area (TPSA) is 46.2 Å². The van der Waals surface area contributed by atoms with Crippen LogP contribution in [0.2, 0.25) is 0 Å². The Kier molecular flexibility index (Phi) is 4.79. The van der Waals surface area contributed by atoms with Gasteiger partial charge >= 0.3 is 0 Å². The van der Waals surface area contributed by atoms with Gasteiger partial charge in [0.25, 0.3) is 0 Å². The van der Waals surface area contributed by atoms with Crippen LogP contribution in [0.15, 0.2) is 91.0 Å². The maximum Gasteiger partial charge on any atom is 0.236 e. The summed E-state index contributed by atoms with van der Waals surface area (Å²) in [6, 6.07) is 28.3. The van der Waals surface area contributed by atoms with Crippen molar-refractivity contribution in [3.8, 4) is 0 Å². The SMILES string of the molecule is O=C(C=Cc1ccccc1)C1C(c2ccccc2)C2CCCC2C12C(=O)Nc1ccccc12. The third-order valence-corrected chi connectivity index (χ3v) is 8.19. The van der Waals surface area contributed by atoms with Crippen molar-refractivity contribution in [2.24, 2.45) is 17.8 Å². The third-order valence-electron chi connectivity index (χ3n) is 8.19. The smallest absolute Gasteiger partial charge is 0.236 e. The maximum absolute atomic E-state index is 14.1. The van der Waals surface area contributed by atoms with Crippen molar-refractivity contribution in [1.82, 2.24) is 0 Å². The fourth-order valence-electron chi connectivity index (χ4n) is 7.09. The number of fused-ring (bicyclic) bond motifs is 4. The van der Waals surface area contributed by atoms with E-state index in [9.17, 15) is 9.59 Å². The number of ketones is 1. The molecule has 0 aromatic heterocycles. The Morgan fingerprint density at radius 3 is 2.36 bits per heavy atom. The van der Waals surface area contributed by atoms with E-state index < -0.39 is 11.3 Å². The van der Waals surface area contributed by atoms with Gasteiger partial charge in [0, 0.05) is 11.6 Å². The highest BCUT2D eigenvalue weighted by atomic mass is 16.2. The highest BCUT2D eigenvalue weighted by Gasteiger charge is 2.69. The van der Waals surface area contributed by atoms with Gasteiger partial charge in [-0.1, -0.05) is 91.4 Å². The molecule has 0 saturated heterocycles. The molecule has 1 heterocycles. The number of amides is 1. The van der Waals surface area contributed by atoms with Crippen molar-refractivity contribution in [1.29, 1.82) is 0 Å². The van der Waals surface area contributed by atoms with Crippen LogP contribution >= 0.6 is 0 Å². The lowest BCUT2D eigenvalue weighted by Crippen LogP contribution is -2.47. The first kappa shape index (κ1) is 20.2. The van der Waals surface area contributed by atoms with Gasteiger partial charge in [-0.3, -0.25) is 9.59 Å². The molecule has 1 aliphatic heterocycles. The van der Waals surface area contributed by atoms with Crippen molar-refractivity contribution < 1.29 is 9.59 Å². The molecule has 3 nitrogen and oxygen atoms in total. The number of hydrogen-bond acceptors (Lipinski definition) is 2. The van der Waals surface area contributed by atoms with Gasteiger partial charge in [-0.15, -0.1) is 0 Å². The van der Waals surface area contributed by atoms with Crippen LogP contribution in [0.1, 0.15) is 41.9 Å². The van der Waals surface area contributed by atoms with Crippen LogP contribution in [0, 0.1) is 17.8 Å². The minimum Gasteiger partial charge on any atom is -0.325 e. The Hall–Kier alpha value is -3.46. The second-order valence-corrected chi connectivity index (χ2v) is 9.63. The zero-order valence-electron chi connectivity index (χ0n) is 18.5. The zero-order chi connectivity index (χ0) is 22.4. The molecule has 164 valence electrons. The predicted octanol–water partition coefficient (Wildman–Crippen LogP) is 5.99. The number of carbonyl (C=O) groups excluding carboxylic acids is 2. The minimum absolute atomic E-state index is 0.00509. The summed E-state index contributed by atoms with van der Waals surface area (Å²) in [5.41, 5.74) is 3.24. The van der Waals surface area contributed by atoms with Crippen LogP contribution in [0.4, 0.5) is 5.69 Å². The molecule has 2 fully saturated rings. The van der Waals surface area contributed by atoms with E-state index in [1.54, 1.807) is 6.08 Å². The number of carbonyl (C=O) groups is 2. The molecule has 0 radical (unpaired) electrons. The van der Waals surface area contributed by atoms with Crippen LogP contribution in [-0.2, 0) is 15.0 Å². The molecule has 6 rings (SSSR count). The summed E-state index contributed by atoms with van der Waals surface area (Å²) in [5.74, 6) is 0.163. The van der Waals surface area contributed by atoms with Gasteiger partial charge in [0.1, 0.15) is 0 Å². The summed E-state index contributed by atoms with van der Waals surface area (Å²) >= 11 is 0. The van der Waals surface area contributed by atoms with E-state index in [2.05, 4.69) is 23.5 Å². The summed E-state index contributed by atoms with van der Waals surface area (Å²) in [6.07, 6.45) is 6.77. The Morgan fingerprint density at radius 2 is 1.58 bits per heavy atom. The highest BCUT2D eigenvalue weighted by Crippen LogP contribution is 2.67. The zero-order valence-corrected chi connectivity index (χ0v) is 18.5. The predicted molar refractivity (Wildman–Crippen MR) is 131 cm³/mol. The monoisotopic (exact) mass is 433 g/mol. The molecule has 5 unspecified atom stereocenters. The van der Waals surface area contributed by atoms with E-state index >= 15 is 0 Å². The van der Waals surface area contributed by atoms with Gasteiger partial charge in [-0.2, -0.15) is 0 Å². The van der Waals surface area contributed by atoms with E-state index in [1.165, 1.54) is 5.56 Å². The summed E-state index contributed by atoms with van der Waals surface area (Å²) in [4.78, 5) is 28.0. The number of benzene rings is 3. The molecule has 3 aromatic carbocycles.